The van der Waals surface area contributed by atoms with Crippen molar-refractivity contribution in [2.75, 3.05) is 59.5 Å². The molecule has 11 nitrogen and oxygen atoms in total. The Balaban J connectivity index is 1.68. The van der Waals surface area contributed by atoms with Crippen LogP contribution in [0.25, 0.3) is 10.4 Å². The molecule has 0 aromatic rings. The first kappa shape index (κ1) is 24.2. The molecule has 0 aromatic heterocycles. The van der Waals surface area contributed by atoms with Crippen molar-refractivity contribution in [1.82, 2.24) is 14.7 Å². The molecule has 0 saturated carbocycles. The number of hydrogen-bond acceptors (Lipinski definition) is 7. The van der Waals surface area contributed by atoms with Gasteiger partial charge in [0.05, 0.1) is 26.3 Å². The van der Waals surface area contributed by atoms with Crippen LogP contribution in [0.5, 0.6) is 0 Å². The summed E-state index contributed by atoms with van der Waals surface area (Å²) in [6, 6.07) is 0.0933. The maximum Gasteiger partial charge on any atom is 0.410 e. The molecule has 0 spiro atoms. The third kappa shape index (κ3) is 6.46. The van der Waals surface area contributed by atoms with Crippen LogP contribution in [0.15, 0.2) is 5.11 Å². The number of carboxylic acid groups (broad SMARTS) is 1. The number of piperidine rings is 1. The molecule has 2 rings (SSSR count). The molecule has 0 aromatic carbocycles. The Bertz CT molecular complexity index is 646. The maximum atomic E-state index is 12.1. The van der Waals surface area contributed by atoms with Gasteiger partial charge in [0.1, 0.15) is 5.60 Å². The van der Waals surface area contributed by atoms with E-state index in [-0.39, 0.29) is 19.1 Å². The minimum Gasteiger partial charge on any atom is -0.480 e. The fourth-order valence-corrected chi connectivity index (χ4v) is 3.62. The smallest absolute Gasteiger partial charge is 0.410 e. The Kier molecular flexibility index (Phi) is 8.31. The monoisotopic (exact) mass is 426 g/mol. The fraction of sp³-hybridized carbons (Fsp3) is 0.895. The molecule has 1 amide bonds. The van der Waals surface area contributed by atoms with Gasteiger partial charge in [-0.15, -0.1) is 0 Å². The summed E-state index contributed by atoms with van der Waals surface area (Å²) in [5.74, 6) is -0.951. The molecule has 1 N–H and O–H groups in total. The molecule has 2 aliphatic heterocycles. The highest BCUT2D eigenvalue weighted by atomic mass is 16.6. The Morgan fingerprint density at radius 3 is 2.43 bits per heavy atom. The first-order valence-electron chi connectivity index (χ1n) is 10.3. The second kappa shape index (κ2) is 10.3. The number of azide groups is 1. The number of carboxylic acids is 1. The molecule has 2 heterocycles. The van der Waals surface area contributed by atoms with Crippen LogP contribution >= 0.6 is 0 Å². The van der Waals surface area contributed by atoms with Gasteiger partial charge in [-0.2, -0.15) is 0 Å². The van der Waals surface area contributed by atoms with E-state index in [4.69, 9.17) is 15.0 Å². The topological polar surface area (TPSA) is 131 Å². The average Bonchev–Trinajstić information content (AvgIpc) is 2.60. The van der Waals surface area contributed by atoms with Gasteiger partial charge < -0.3 is 24.4 Å². The number of carbonyl (C=O) groups is 2. The number of likely N-dealkylation sites (tertiary alicyclic amines) is 2. The summed E-state index contributed by atoms with van der Waals surface area (Å²) in [6.45, 7) is 9.50. The highest BCUT2D eigenvalue weighted by molar-refractivity contribution is 5.84. The molecule has 0 bridgehead atoms. The number of carbonyl (C=O) groups excluding carboxylic acids is 1. The first-order valence-corrected chi connectivity index (χ1v) is 10.3. The lowest BCUT2D eigenvalue weighted by molar-refractivity contribution is -0.163. The van der Waals surface area contributed by atoms with E-state index in [1.54, 1.807) is 32.7 Å². The molecule has 0 atom stereocenters. The van der Waals surface area contributed by atoms with Gasteiger partial charge in [-0.1, -0.05) is 5.11 Å². The first-order chi connectivity index (χ1) is 14.1. The summed E-state index contributed by atoms with van der Waals surface area (Å²) in [5, 5.41) is 13.5. The molecule has 2 saturated heterocycles. The van der Waals surface area contributed by atoms with E-state index in [1.165, 1.54) is 4.90 Å². The number of rotatable bonds is 9. The lowest BCUT2D eigenvalue weighted by Gasteiger charge is -2.51. The van der Waals surface area contributed by atoms with Crippen molar-refractivity contribution in [2.45, 2.75) is 50.8 Å². The van der Waals surface area contributed by atoms with Crippen molar-refractivity contribution in [1.29, 1.82) is 0 Å². The van der Waals surface area contributed by atoms with Crippen LogP contribution in [0.3, 0.4) is 0 Å². The van der Waals surface area contributed by atoms with Crippen LogP contribution in [-0.2, 0) is 14.3 Å². The predicted molar refractivity (Wildman–Crippen MR) is 110 cm³/mol. The van der Waals surface area contributed by atoms with E-state index < -0.39 is 23.2 Å². The zero-order valence-corrected chi connectivity index (χ0v) is 18.4. The fourth-order valence-electron chi connectivity index (χ4n) is 3.62. The molecule has 11 heteroatoms. The van der Waals surface area contributed by atoms with Gasteiger partial charge in [0.15, 0.2) is 5.54 Å². The number of aliphatic carboxylic acids is 1. The van der Waals surface area contributed by atoms with Crippen LogP contribution in [0, 0.1) is 0 Å². The van der Waals surface area contributed by atoms with Gasteiger partial charge in [0.25, 0.3) is 0 Å². The van der Waals surface area contributed by atoms with E-state index in [0.29, 0.717) is 19.8 Å². The van der Waals surface area contributed by atoms with Gasteiger partial charge >= 0.3 is 12.1 Å². The normalized spacial score (nSPS) is 19.8. The SMILES string of the molecule is CN(CCOCCN1CCC(N=[N+]=[N-])CC1)C1(C(=O)O)CN(C(=O)OC(C)(C)C)C1. The predicted octanol–water partition coefficient (Wildman–Crippen LogP) is 1.78. The van der Waals surface area contributed by atoms with Crippen LogP contribution in [0.1, 0.15) is 33.6 Å². The standard InChI is InChI=1S/C19H34N6O5/c1-18(2,3)30-17(28)25-13-19(14-25,16(26)27)23(4)9-11-29-12-10-24-7-5-15(6-8-24)21-22-20/h15H,5-14H2,1-4H3,(H,26,27). The highest BCUT2D eigenvalue weighted by Crippen LogP contribution is 2.29. The van der Waals surface area contributed by atoms with Crippen LogP contribution in [-0.4, -0.2) is 109 Å². The minimum absolute atomic E-state index is 0.0911. The van der Waals surface area contributed by atoms with E-state index in [2.05, 4.69) is 14.9 Å². The second-order valence-electron chi connectivity index (χ2n) is 8.98. The molecule has 0 radical (unpaired) electrons. The van der Waals surface area contributed by atoms with Gasteiger partial charge in [-0.25, -0.2) is 4.79 Å². The summed E-state index contributed by atoms with van der Waals surface area (Å²) in [6.07, 6.45) is 1.23. The van der Waals surface area contributed by atoms with Crippen molar-refractivity contribution in [3.8, 4) is 0 Å². The zero-order chi connectivity index (χ0) is 22.4. The summed E-state index contributed by atoms with van der Waals surface area (Å²) in [7, 11) is 1.74. The van der Waals surface area contributed by atoms with Crippen molar-refractivity contribution in [3.63, 3.8) is 0 Å². The summed E-state index contributed by atoms with van der Waals surface area (Å²) >= 11 is 0. The number of ether oxygens (including phenoxy) is 2. The molecule has 30 heavy (non-hydrogen) atoms. The van der Waals surface area contributed by atoms with E-state index in [9.17, 15) is 14.7 Å². The van der Waals surface area contributed by atoms with Gasteiger partial charge in [0, 0.05) is 24.0 Å². The van der Waals surface area contributed by atoms with E-state index in [1.807, 2.05) is 0 Å². The average molecular weight is 427 g/mol. The summed E-state index contributed by atoms with van der Waals surface area (Å²) in [4.78, 5) is 32.3. The summed E-state index contributed by atoms with van der Waals surface area (Å²) in [5.41, 5.74) is 6.77. The number of hydrogen-bond donors (Lipinski definition) is 1. The summed E-state index contributed by atoms with van der Waals surface area (Å²) < 4.78 is 11.0. The number of amides is 1. The molecule has 2 aliphatic rings. The van der Waals surface area contributed by atoms with E-state index in [0.717, 1.165) is 32.5 Å². The lowest BCUT2D eigenvalue weighted by atomic mass is 9.88. The Morgan fingerprint density at radius 2 is 1.90 bits per heavy atom. The maximum absolute atomic E-state index is 12.1. The Hall–Kier alpha value is -2.07. The van der Waals surface area contributed by atoms with Crippen molar-refractivity contribution < 1.29 is 24.2 Å². The largest absolute Gasteiger partial charge is 0.480 e. The minimum atomic E-state index is -1.11. The highest BCUT2D eigenvalue weighted by Gasteiger charge is 2.55. The molecular weight excluding hydrogens is 392 g/mol. The quantitative estimate of drug-likeness (QED) is 0.257. The molecule has 2 fully saturated rings. The van der Waals surface area contributed by atoms with Crippen molar-refractivity contribution in [2.24, 2.45) is 5.11 Å². The van der Waals surface area contributed by atoms with Crippen molar-refractivity contribution in [3.05, 3.63) is 10.4 Å². The van der Waals surface area contributed by atoms with Crippen LogP contribution in [0.4, 0.5) is 4.79 Å². The molecule has 0 aliphatic carbocycles. The number of likely N-dealkylation sites (N-methyl/N-ethyl adjacent to an activating group) is 1. The van der Waals surface area contributed by atoms with E-state index >= 15 is 0 Å². The van der Waals surface area contributed by atoms with Crippen LogP contribution < -0.4 is 0 Å². The van der Waals surface area contributed by atoms with Crippen molar-refractivity contribution >= 4 is 12.1 Å². The molecule has 0 unspecified atom stereocenters. The zero-order valence-electron chi connectivity index (χ0n) is 18.4. The van der Waals surface area contributed by atoms with Crippen LogP contribution in [0.2, 0.25) is 0 Å². The van der Waals surface area contributed by atoms with Gasteiger partial charge in [-0.3, -0.25) is 9.69 Å². The third-order valence-electron chi connectivity index (χ3n) is 5.58. The third-order valence-corrected chi connectivity index (χ3v) is 5.58. The Labute approximate surface area is 177 Å². The second-order valence-corrected chi connectivity index (χ2v) is 8.98. The molecule has 170 valence electrons. The van der Waals surface area contributed by atoms with Gasteiger partial charge in [0.2, 0.25) is 0 Å². The van der Waals surface area contributed by atoms with Gasteiger partial charge in [-0.05, 0) is 59.3 Å². The number of nitrogens with zero attached hydrogens (tertiary/aromatic N) is 6. The lowest BCUT2D eigenvalue weighted by Crippen LogP contribution is -2.74. The Morgan fingerprint density at radius 1 is 1.27 bits per heavy atom. The molecular formula is C19H34N6O5.